The summed E-state index contributed by atoms with van der Waals surface area (Å²) in [6.45, 7) is 7.21. The number of rotatable bonds is 4. The minimum atomic E-state index is -0.211. The molecule has 1 amide bonds. The smallest absolute Gasteiger partial charge is 0.224 e. The molecule has 1 aromatic rings. The van der Waals surface area contributed by atoms with Gasteiger partial charge < -0.3 is 4.90 Å². The number of amides is 1. The predicted molar refractivity (Wildman–Crippen MR) is 73.1 cm³/mol. The molecule has 102 valence electrons. The minimum Gasteiger partial charge on any atom is -0.338 e. The van der Waals surface area contributed by atoms with E-state index in [1.807, 2.05) is 11.0 Å². The van der Waals surface area contributed by atoms with E-state index in [-0.39, 0.29) is 11.7 Å². The highest BCUT2D eigenvalue weighted by molar-refractivity contribution is 5.76. The highest BCUT2D eigenvalue weighted by Gasteiger charge is 2.19. The fourth-order valence-corrected chi connectivity index (χ4v) is 2.31. The Hall–Kier alpha value is -1.68. The van der Waals surface area contributed by atoms with E-state index >= 15 is 0 Å². The van der Waals surface area contributed by atoms with Gasteiger partial charge in [-0.15, -0.1) is 6.58 Å². The summed E-state index contributed by atoms with van der Waals surface area (Å²) in [7, 11) is 0. The molecule has 0 N–H and O–H groups in total. The Morgan fingerprint density at radius 2 is 2.16 bits per heavy atom. The van der Waals surface area contributed by atoms with Crippen molar-refractivity contribution in [2.75, 3.05) is 26.2 Å². The summed E-state index contributed by atoms with van der Waals surface area (Å²) >= 11 is 0. The topological polar surface area (TPSA) is 23.6 Å². The van der Waals surface area contributed by atoms with Crippen LogP contribution in [0.5, 0.6) is 0 Å². The van der Waals surface area contributed by atoms with Crippen LogP contribution < -0.4 is 0 Å². The van der Waals surface area contributed by atoms with Crippen molar-refractivity contribution in [2.24, 2.45) is 0 Å². The van der Waals surface area contributed by atoms with Crippen molar-refractivity contribution in [1.29, 1.82) is 0 Å². The zero-order valence-electron chi connectivity index (χ0n) is 11.0. The second kappa shape index (κ2) is 6.48. The molecule has 0 saturated carbocycles. The lowest BCUT2D eigenvalue weighted by molar-refractivity contribution is -0.129. The first-order valence-electron chi connectivity index (χ1n) is 6.54. The van der Waals surface area contributed by atoms with Gasteiger partial charge in [-0.2, -0.15) is 0 Å². The maximum absolute atomic E-state index is 13.1. The second-order valence-electron chi connectivity index (χ2n) is 4.78. The van der Waals surface area contributed by atoms with Gasteiger partial charge in [-0.25, -0.2) is 4.39 Å². The fourth-order valence-electron chi connectivity index (χ4n) is 2.31. The van der Waals surface area contributed by atoms with Crippen molar-refractivity contribution in [3.8, 4) is 0 Å². The number of benzene rings is 1. The largest absolute Gasteiger partial charge is 0.338 e. The van der Waals surface area contributed by atoms with E-state index in [0.29, 0.717) is 26.1 Å². The van der Waals surface area contributed by atoms with Crippen molar-refractivity contribution in [1.82, 2.24) is 9.80 Å². The zero-order chi connectivity index (χ0) is 13.7. The van der Waals surface area contributed by atoms with Gasteiger partial charge in [0.15, 0.2) is 0 Å². The number of carbonyl (C=O) groups excluding carboxylic acids is 1. The first-order valence-corrected chi connectivity index (χ1v) is 6.54. The van der Waals surface area contributed by atoms with Crippen molar-refractivity contribution in [2.45, 2.75) is 13.0 Å². The molecule has 0 bridgehead atoms. The van der Waals surface area contributed by atoms with Crippen molar-refractivity contribution in [3.63, 3.8) is 0 Å². The van der Waals surface area contributed by atoms with E-state index in [2.05, 4.69) is 11.5 Å². The Morgan fingerprint density at radius 1 is 1.32 bits per heavy atom. The van der Waals surface area contributed by atoms with Crippen LogP contribution in [0.2, 0.25) is 0 Å². The van der Waals surface area contributed by atoms with Crippen molar-refractivity contribution < 1.29 is 9.18 Å². The molecular weight excluding hydrogens is 243 g/mol. The predicted octanol–water partition coefficient (Wildman–Crippen LogP) is 2.05. The van der Waals surface area contributed by atoms with Gasteiger partial charge in [-0.1, -0.05) is 18.2 Å². The van der Waals surface area contributed by atoms with Crippen LogP contribution in [0, 0.1) is 5.82 Å². The molecule has 4 heteroatoms. The van der Waals surface area contributed by atoms with Crippen molar-refractivity contribution in [3.05, 3.63) is 48.3 Å². The molecule has 0 spiro atoms. The molecule has 0 radical (unpaired) electrons. The average Bonchev–Trinajstić information content (AvgIpc) is 2.55. The maximum atomic E-state index is 13.1. The van der Waals surface area contributed by atoms with Crippen LogP contribution in [0.15, 0.2) is 36.9 Å². The Labute approximate surface area is 113 Å². The second-order valence-corrected chi connectivity index (χ2v) is 4.78. The van der Waals surface area contributed by atoms with Crippen LogP contribution in [0.1, 0.15) is 12.0 Å². The van der Waals surface area contributed by atoms with E-state index in [4.69, 9.17) is 0 Å². The Balaban J connectivity index is 1.95. The number of hydrogen-bond donors (Lipinski definition) is 0. The zero-order valence-corrected chi connectivity index (χ0v) is 11.0. The van der Waals surface area contributed by atoms with Crippen LogP contribution in [0.3, 0.4) is 0 Å². The van der Waals surface area contributed by atoms with E-state index < -0.39 is 0 Å². The molecular formula is C15H19FN2O. The van der Waals surface area contributed by atoms with Crippen LogP contribution in [-0.2, 0) is 11.3 Å². The Kier molecular flexibility index (Phi) is 4.68. The van der Waals surface area contributed by atoms with E-state index in [1.165, 1.54) is 6.07 Å². The number of nitrogens with zero attached hydrogens (tertiary/aromatic N) is 2. The summed E-state index contributed by atoms with van der Waals surface area (Å²) in [5.74, 6) is -0.0432. The van der Waals surface area contributed by atoms with E-state index in [0.717, 1.165) is 18.7 Å². The highest BCUT2D eigenvalue weighted by Crippen LogP contribution is 2.11. The molecule has 0 aromatic heterocycles. The third kappa shape index (κ3) is 3.89. The van der Waals surface area contributed by atoms with Crippen LogP contribution in [0.25, 0.3) is 0 Å². The molecule has 1 saturated heterocycles. The van der Waals surface area contributed by atoms with Crippen molar-refractivity contribution >= 4 is 5.91 Å². The number of hydrogen-bond acceptors (Lipinski definition) is 2. The quantitative estimate of drug-likeness (QED) is 0.775. The molecule has 19 heavy (non-hydrogen) atoms. The van der Waals surface area contributed by atoms with Gasteiger partial charge in [-0.05, 0) is 17.7 Å². The van der Waals surface area contributed by atoms with Crippen LogP contribution >= 0.6 is 0 Å². The first-order chi connectivity index (χ1) is 9.19. The summed E-state index contributed by atoms with van der Waals surface area (Å²) in [5.41, 5.74) is 0.949. The number of carbonyl (C=O) groups is 1. The van der Waals surface area contributed by atoms with Gasteiger partial charge in [0, 0.05) is 39.1 Å². The third-order valence-corrected chi connectivity index (χ3v) is 3.33. The lowest BCUT2D eigenvalue weighted by Crippen LogP contribution is -2.33. The molecule has 1 aliphatic heterocycles. The molecule has 2 rings (SSSR count). The van der Waals surface area contributed by atoms with E-state index in [1.54, 1.807) is 18.2 Å². The third-order valence-electron chi connectivity index (χ3n) is 3.33. The fraction of sp³-hybridized carbons (Fsp3) is 0.400. The van der Waals surface area contributed by atoms with Gasteiger partial charge in [0.2, 0.25) is 5.91 Å². The van der Waals surface area contributed by atoms with Crippen LogP contribution in [-0.4, -0.2) is 41.9 Å². The molecule has 1 aromatic carbocycles. The van der Waals surface area contributed by atoms with Gasteiger partial charge in [0.05, 0.1) is 0 Å². The lowest BCUT2D eigenvalue weighted by Gasteiger charge is -2.21. The van der Waals surface area contributed by atoms with Gasteiger partial charge >= 0.3 is 0 Å². The summed E-state index contributed by atoms with van der Waals surface area (Å²) < 4.78 is 13.1. The lowest BCUT2D eigenvalue weighted by atomic mass is 10.2. The monoisotopic (exact) mass is 262 g/mol. The van der Waals surface area contributed by atoms with Gasteiger partial charge in [0.25, 0.3) is 0 Å². The molecule has 1 heterocycles. The summed E-state index contributed by atoms with van der Waals surface area (Å²) in [6, 6.07) is 6.63. The maximum Gasteiger partial charge on any atom is 0.224 e. The molecule has 3 nitrogen and oxygen atoms in total. The van der Waals surface area contributed by atoms with Gasteiger partial charge in [0.1, 0.15) is 5.82 Å². The normalized spacial score (nSPS) is 17.3. The Bertz CT molecular complexity index is 461. The molecule has 0 unspecified atom stereocenters. The molecule has 1 aliphatic rings. The minimum absolute atomic E-state index is 0.168. The number of halogens is 1. The van der Waals surface area contributed by atoms with Gasteiger partial charge in [-0.3, -0.25) is 9.69 Å². The SMILES string of the molecule is C=CCN1CCN(Cc2cccc(F)c2)CCC1=O. The summed E-state index contributed by atoms with van der Waals surface area (Å²) in [4.78, 5) is 15.9. The Morgan fingerprint density at radius 3 is 2.89 bits per heavy atom. The van der Waals surface area contributed by atoms with E-state index in [9.17, 15) is 9.18 Å². The summed E-state index contributed by atoms with van der Waals surface area (Å²) in [5, 5.41) is 0. The standard InChI is InChI=1S/C15H19FN2O/c1-2-7-18-10-9-17(8-6-15(18)19)12-13-4-3-5-14(16)11-13/h2-5,11H,1,6-10,12H2. The average molecular weight is 262 g/mol. The highest BCUT2D eigenvalue weighted by atomic mass is 19.1. The molecule has 1 fully saturated rings. The summed E-state index contributed by atoms with van der Waals surface area (Å²) in [6.07, 6.45) is 2.27. The molecule has 0 aliphatic carbocycles. The first kappa shape index (κ1) is 13.7. The molecule has 0 atom stereocenters. The van der Waals surface area contributed by atoms with Crippen LogP contribution in [0.4, 0.5) is 4.39 Å².